The molecule has 12 heavy (non-hydrogen) atoms. The van der Waals surface area contributed by atoms with Crippen LogP contribution in [0.25, 0.3) is 0 Å². The van der Waals surface area contributed by atoms with Gasteiger partial charge in [-0.1, -0.05) is 6.42 Å². The highest BCUT2D eigenvalue weighted by Crippen LogP contribution is 2.13. The van der Waals surface area contributed by atoms with E-state index in [2.05, 4.69) is 0 Å². The van der Waals surface area contributed by atoms with Crippen molar-refractivity contribution in [2.24, 2.45) is 0 Å². The minimum absolute atomic E-state index is 0.216. The lowest BCUT2D eigenvalue weighted by molar-refractivity contribution is -0.134. The number of carbonyl (C=O) groups excluding carboxylic acids is 1. The highest BCUT2D eigenvalue weighted by molar-refractivity contribution is 5.85. The second kappa shape index (κ2) is 4.93. The Hall–Kier alpha value is -0.830. The van der Waals surface area contributed by atoms with Crippen LogP contribution in [0.1, 0.15) is 25.7 Å². The van der Waals surface area contributed by atoms with E-state index in [9.17, 15) is 4.79 Å². The molecule has 0 aliphatic carbocycles. The number of aliphatic hydroxyl groups is 1. The Morgan fingerprint density at radius 1 is 1.42 bits per heavy atom. The van der Waals surface area contributed by atoms with Gasteiger partial charge in [-0.2, -0.15) is 0 Å². The van der Waals surface area contributed by atoms with Gasteiger partial charge in [0.15, 0.2) is 0 Å². The first-order valence-corrected chi connectivity index (χ1v) is 4.30. The fourth-order valence-corrected chi connectivity index (χ4v) is 1.20. The van der Waals surface area contributed by atoms with Crippen LogP contribution in [0.3, 0.4) is 0 Å². The summed E-state index contributed by atoms with van der Waals surface area (Å²) in [4.78, 5) is 10.6. The summed E-state index contributed by atoms with van der Waals surface area (Å²) in [5, 5.41) is 8.51. The van der Waals surface area contributed by atoms with Gasteiger partial charge in [0.1, 0.15) is 6.61 Å². The maximum atomic E-state index is 10.6. The zero-order valence-corrected chi connectivity index (χ0v) is 7.08. The molecule has 1 heterocycles. The van der Waals surface area contributed by atoms with Crippen LogP contribution in [0.2, 0.25) is 0 Å². The molecule has 0 saturated heterocycles. The van der Waals surface area contributed by atoms with Gasteiger partial charge in [-0.25, -0.2) is 4.79 Å². The molecular weight excluding hydrogens is 156 g/mol. The number of hydrogen-bond acceptors (Lipinski definition) is 3. The van der Waals surface area contributed by atoms with Crippen molar-refractivity contribution in [2.75, 3.05) is 13.2 Å². The molecular formula is C9H14O3. The summed E-state index contributed by atoms with van der Waals surface area (Å²) in [5.41, 5.74) is 1.08. The maximum Gasteiger partial charge on any atom is 0.331 e. The fraction of sp³-hybridized carbons (Fsp3) is 0.667. The minimum Gasteiger partial charge on any atom is -0.458 e. The number of aliphatic hydroxyl groups excluding tert-OH is 1. The Morgan fingerprint density at radius 3 is 2.83 bits per heavy atom. The molecule has 0 fully saturated rings. The predicted octanol–water partition coefficient (Wildman–Crippen LogP) is 1.02. The summed E-state index contributed by atoms with van der Waals surface area (Å²) in [6, 6.07) is 0. The van der Waals surface area contributed by atoms with Crippen molar-refractivity contribution in [3.05, 3.63) is 11.6 Å². The van der Waals surface area contributed by atoms with E-state index in [0.29, 0.717) is 6.61 Å². The van der Waals surface area contributed by atoms with E-state index in [1.165, 1.54) is 0 Å². The largest absolute Gasteiger partial charge is 0.458 e. The number of carbonyl (C=O) groups is 1. The molecule has 1 aliphatic heterocycles. The maximum absolute atomic E-state index is 10.6. The van der Waals surface area contributed by atoms with Crippen molar-refractivity contribution in [1.29, 1.82) is 0 Å². The van der Waals surface area contributed by atoms with Gasteiger partial charge in [-0.05, 0) is 24.8 Å². The standard InChI is InChI=1S/C9H14O3/c10-5-3-1-2-4-8-6-9(11)12-7-8/h6,10H,1-5,7H2. The molecule has 1 aliphatic rings. The van der Waals surface area contributed by atoms with Crippen molar-refractivity contribution in [1.82, 2.24) is 0 Å². The molecule has 68 valence electrons. The van der Waals surface area contributed by atoms with Crippen molar-refractivity contribution in [3.63, 3.8) is 0 Å². The van der Waals surface area contributed by atoms with Gasteiger partial charge < -0.3 is 9.84 Å². The van der Waals surface area contributed by atoms with E-state index in [0.717, 1.165) is 31.3 Å². The molecule has 0 bridgehead atoms. The Balaban J connectivity index is 2.07. The first-order chi connectivity index (χ1) is 5.83. The first-order valence-electron chi connectivity index (χ1n) is 4.30. The Bertz CT molecular complexity index is 184. The summed E-state index contributed by atoms with van der Waals surface area (Å²) >= 11 is 0. The van der Waals surface area contributed by atoms with Gasteiger partial charge in [0.25, 0.3) is 0 Å². The average Bonchev–Trinajstić information content (AvgIpc) is 2.45. The van der Waals surface area contributed by atoms with E-state index in [1.807, 2.05) is 0 Å². The molecule has 0 radical (unpaired) electrons. The second-order valence-electron chi connectivity index (χ2n) is 2.94. The van der Waals surface area contributed by atoms with Gasteiger partial charge >= 0.3 is 5.97 Å². The van der Waals surface area contributed by atoms with E-state index >= 15 is 0 Å². The van der Waals surface area contributed by atoms with E-state index in [-0.39, 0.29) is 12.6 Å². The lowest BCUT2D eigenvalue weighted by Crippen LogP contribution is -1.92. The molecule has 0 aromatic carbocycles. The molecule has 0 saturated carbocycles. The molecule has 0 unspecified atom stereocenters. The Kier molecular flexibility index (Phi) is 3.80. The van der Waals surface area contributed by atoms with E-state index < -0.39 is 0 Å². The minimum atomic E-state index is -0.216. The van der Waals surface area contributed by atoms with Gasteiger partial charge in [0.2, 0.25) is 0 Å². The average molecular weight is 170 g/mol. The van der Waals surface area contributed by atoms with Crippen LogP contribution < -0.4 is 0 Å². The number of hydrogen-bond donors (Lipinski definition) is 1. The SMILES string of the molecule is O=C1C=C(CCCCCO)CO1. The molecule has 0 aromatic heterocycles. The molecule has 1 rings (SSSR count). The molecule has 0 atom stereocenters. The number of unbranched alkanes of at least 4 members (excludes halogenated alkanes) is 2. The zero-order valence-electron chi connectivity index (χ0n) is 7.08. The van der Waals surface area contributed by atoms with Crippen LogP contribution in [0.15, 0.2) is 11.6 Å². The Morgan fingerprint density at radius 2 is 2.25 bits per heavy atom. The molecule has 0 spiro atoms. The van der Waals surface area contributed by atoms with Gasteiger partial charge in [0.05, 0.1) is 0 Å². The van der Waals surface area contributed by atoms with Crippen molar-refractivity contribution < 1.29 is 14.6 Å². The summed E-state index contributed by atoms with van der Waals surface area (Å²) in [5.74, 6) is -0.216. The monoisotopic (exact) mass is 170 g/mol. The van der Waals surface area contributed by atoms with E-state index in [1.54, 1.807) is 6.08 Å². The van der Waals surface area contributed by atoms with Crippen molar-refractivity contribution in [2.45, 2.75) is 25.7 Å². The molecule has 3 heteroatoms. The summed E-state index contributed by atoms with van der Waals surface area (Å²) in [6.07, 6.45) is 5.39. The zero-order chi connectivity index (χ0) is 8.81. The van der Waals surface area contributed by atoms with Crippen LogP contribution in [0.4, 0.5) is 0 Å². The summed E-state index contributed by atoms with van der Waals surface area (Å²) in [7, 11) is 0. The van der Waals surface area contributed by atoms with Crippen molar-refractivity contribution >= 4 is 5.97 Å². The topological polar surface area (TPSA) is 46.5 Å². The third-order valence-corrected chi connectivity index (χ3v) is 1.88. The van der Waals surface area contributed by atoms with Gasteiger partial charge in [0, 0.05) is 12.7 Å². The van der Waals surface area contributed by atoms with Crippen LogP contribution in [-0.2, 0) is 9.53 Å². The van der Waals surface area contributed by atoms with Crippen LogP contribution in [0.5, 0.6) is 0 Å². The lowest BCUT2D eigenvalue weighted by Gasteiger charge is -1.98. The van der Waals surface area contributed by atoms with Crippen molar-refractivity contribution in [3.8, 4) is 0 Å². The number of cyclic esters (lactones) is 1. The molecule has 0 amide bonds. The summed E-state index contributed by atoms with van der Waals surface area (Å²) in [6.45, 7) is 0.729. The Labute approximate surface area is 72.0 Å². The number of rotatable bonds is 5. The third kappa shape index (κ3) is 3.05. The number of ether oxygens (including phenoxy) is 1. The highest BCUT2D eigenvalue weighted by atomic mass is 16.5. The van der Waals surface area contributed by atoms with E-state index in [4.69, 9.17) is 9.84 Å². The number of esters is 1. The molecule has 0 aromatic rings. The van der Waals surface area contributed by atoms with Crippen LogP contribution >= 0.6 is 0 Å². The summed E-state index contributed by atoms with van der Waals surface area (Å²) < 4.78 is 4.74. The third-order valence-electron chi connectivity index (χ3n) is 1.88. The van der Waals surface area contributed by atoms with Gasteiger partial charge in [-0.3, -0.25) is 0 Å². The fourth-order valence-electron chi connectivity index (χ4n) is 1.20. The molecule has 1 N–H and O–H groups in total. The van der Waals surface area contributed by atoms with Crippen LogP contribution in [0, 0.1) is 0 Å². The highest BCUT2D eigenvalue weighted by Gasteiger charge is 2.11. The first kappa shape index (κ1) is 9.26. The molecule has 3 nitrogen and oxygen atoms in total. The normalized spacial score (nSPS) is 16.1. The smallest absolute Gasteiger partial charge is 0.331 e. The lowest BCUT2D eigenvalue weighted by atomic mass is 10.1. The predicted molar refractivity (Wildman–Crippen MR) is 44.6 cm³/mol. The van der Waals surface area contributed by atoms with Crippen LogP contribution in [-0.4, -0.2) is 24.3 Å². The quantitative estimate of drug-likeness (QED) is 0.495. The second-order valence-corrected chi connectivity index (χ2v) is 2.94. The van der Waals surface area contributed by atoms with Gasteiger partial charge in [-0.15, -0.1) is 0 Å².